The number of allylic oxidation sites excluding steroid dienone is 1. The Hall–Kier alpha value is -1.39. The molecule has 7 heteroatoms. The van der Waals surface area contributed by atoms with Crippen LogP contribution in [0.4, 0.5) is 0 Å². The molecule has 0 aromatic heterocycles. The summed E-state index contributed by atoms with van der Waals surface area (Å²) in [7, 11) is 4.43. The minimum absolute atomic E-state index is 0.00546. The van der Waals surface area contributed by atoms with Gasteiger partial charge in [-0.05, 0) is 19.0 Å². The Bertz CT molecular complexity index is 572. The number of hydrogen-bond donors (Lipinski definition) is 0. The number of carbonyl (C=O) groups excluding carboxylic acids is 2. The quantitative estimate of drug-likeness (QED) is 0.288. The third-order valence-corrected chi connectivity index (χ3v) is 4.70. The van der Waals surface area contributed by atoms with Gasteiger partial charge in [0.15, 0.2) is 0 Å². The van der Waals surface area contributed by atoms with E-state index in [0.717, 1.165) is 45.9 Å². The zero-order chi connectivity index (χ0) is 17.1. The lowest BCUT2D eigenvalue weighted by Gasteiger charge is -2.21. The van der Waals surface area contributed by atoms with Gasteiger partial charge in [-0.1, -0.05) is 0 Å². The molecule has 3 heterocycles. The van der Waals surface area contributed by atoms with Gasteiger partial charge in [0.1, 0.15) is 11.4 Å². The summed E-state index contributed by atoms with van der Waals surface area (Å²) in [6.45, 7) is 6.32. The fraction of sp³-hybridized carbons (Fsp3) is 0.647. The van der Waals surface area contributed by atoms with Crippen molar-refractivity contribution in [2.45, 2.75) is 12.8 Å². The van der Waals surface area contributed by atoms with E-state index in [4.69, 9.17) is 4.74 Å². The van der Waals surface area contributed by atoms with Gasteiger partial charge in [0.25, 0.3) is 0 Å². The molecule has 24 heavy (non-hydrogen) atoms. The SMILES string of the molecule is COCCCCP.O=C1C=C(N2CC2)C(=O)C(N2CC2)=C1N1CC1. The van der Waals surface area contributed by atoms with Gasteiger partial charge in [-0.25, -0.2) is 0 Å². The highest BCUT2D eigenvalue weighted by atomic mass is 31.0. The van der Waals surface area contributed by atoms with E-state index in [1.807, 2.05) is 14.7 Å². The van der Waals surface area contributed by atoms with Crippen LogP contribution in [0.3, 0.4) is 0 Å². The van der Waals surface area contributed by atoms with Crippen LogP contribution in [-0.2, 0) is 14.3 Å². The average Bonchev–Trinajstić information content (AvgIpc) is 3.37. The van der Waals surface area contributed by atoms with Crippen LogP contribution >= 0.6 is 9.24 Å². The first kappa shape index (κ1) is 17.4. The normalized spacial score (nSPS) is 21.6. The fourth-order valence-electron chi connectivity index (χ4n) is 2.67. The standard InChI is InChI=1S/C12H13N3O2.C5H13OP/c16-9-7-8(13-1-2-13)12(17)11(15-5-6-15)10(9)14-3-4-14;1-6-4-2-3-5-7/h7H,1-6H2;2-5,7H2,1H3. The molecule has 0 aromatic carbocycles. The van der Waals surface area contributed by atoms with E-state index < -0.39 is 0 Å². The van der Waals surface area contributed by atoms with Crippen LogP contribution in [0.1, 0.15) is 12.8 Å². The Kier molecular flexibility index (Phi) is 5.57. The number of ether oxygens (including phenoxy) is 1. The van der Waals surface area contributed by atoms with Crippen LogP contribution in [0.2, 0.25) is 0 Å². The summed E-state index contributed by atoms with van der Waals surface area (Å²) in [5.74, 6) is 0.0485. The number of Topliss-reactive ketones (excluding diaryl/α,β-unsaturated/α-hetero) is 1. The number of nitrogens with zero attached hydrogens (tertiary/aromatic N) is 3. The van der Waals surface area contributed by atoms with Crippen molar-refractivity contribution in [3.05, 3.63) is 23.2 Å². The Morgan fingerprint density at radius 2 is 1.54 bits per heavy atom. The molecule has 0 saturated carbocycles. The van der Waals surface area contributed by atoms with E-state index in [1.165, 1.54) is 25.1 Å². The third kappa shape index (κ3) is 4.17. The maximum atomic E-state index is 12.4. The van der Waals surface area contributed by atoms with Gasteiger partial charge in [0.2, 0.25) is 11.6 Å². The molecule has 6 nitrogen and oxygen atoms in total. The maximum Gasteiger partial charge on any atom is 0.227 e. The molecule has 0 amide bonds. The molecular formula is C17H26N3O3P. The second kappa shape index (κ2) is 7.66. The van der Waals surface area contributed by atoms with Crippen LogP contribution in [0.15, 0.2) is 23.2 Å². The molecule has 4 aliphatic rings. The lowest BCUT2D eigenvalue weighted by molar-refractivity contribution is -0.117. The first-order chi connectivity index (χ1) is 11.7. The zero-order valence-electron chi connectivity index (χ0n) is 14.3. The van der Waals surface area contributed by atoms with Gasteiger partial charge in [-0.2, -0.15) is 0 Å². The zero-order valence-corrected chi connectivity index (χ0v) is 15.4. The van der Waals surface area contributed by atoms with Crippen molar-refractivity contribution in [1.29, 1.82) is 0 Å². The first-order valence-electron chi connectivity index (χ1n) is 8.66. The van der Waals surface area contributed by atoms with E-state index in [1.54, 1.807) is 7.11 Å². The Morgan fingerprint density at radius 3 is 2.04 bits per heavy atom. The van der Waals surface area contributed by atoms with Gasteiger partial charge in [-0.15, -0.1) is 9.24 Å². The summed E-state index contributed by atoms with van der Waals surface area (Å²) in [5, 5.41) is 0. The molecule has 0 radical (unpaired) electrons. The van der Waals surface area contributed by atoms with Crippen molar-refractivity contribution >= 4 is 20.8 Å². The lowest BCUT2D eigenvalue weighted by Crippen LogP contribution is -2.29. The maximum absolute atomic E-state index is 12.4. The molecule has 3 aliphatic heterocycles. The molecule has 0 spiro atoms. The Balaban J connectivity index is 0.000000209. The van der Waals surface area contributed by atoms with E-state index in [0.29, 0.717) is 17.1 Å². The minimum Gasteiger partial charge on any atom is -0.385 e. The molecular weight excluding hydrogens is 325 g/mol. The van der Waals surface area contributed by atoms with Crippen molar-refractivity contribution in [3.63, 3.8) is 0 Å². The number of hydrogen-bond acceptors (Lipinski definition) is 6. The lowest BCUT2D eigenvalue weighted by atomic mass is 10.0. The van der Waals surface area contributed by atoms with Crippen molar-refractivity contribution in [2.75, 3.05) is 59.1 Å². The van der Waals surface area contributed by atoms with Crippen molar-refractivity contribution < 1.29 is 14.3 Å². The predicted octanol–water partition coefficient (Wildman–Crippen LogP) is 0.469. The van der Waals surface area contributed by atoms with Crippen molar-refractivity contribution in [1.82, 2.24) is 14.7 Å². The highest BCUT2D eigenvalue weighted by Gasteiger charge is 2.43. The van der Waals surface area contributed by atoms with Crippen molar-refractivity contribution in [3.8, 4) is 0 Å². The van der Waals surface area contributed by atoms with Gasteiger partial charge in [0, 0.05) is 59.1 Å². The molecule has 1 unspecified atom stereocenters. The summed E-state index contributed by atoms with van der Waals surface area (Å²) >= 11 is 0. The number of methoxy groups -OCH3 is 1. The summed E-state index contributed by atoms with van der Waals surface area (Å²) in [5.41, 5.74) is 1.89. The molecule has 0 N–H and O–H groups in total. The van der Waals surface area contributed by atoms with E-state index in [-0.39, 0.29) is 11.6 Å². The molecule has 1 atom stereocenters. The average molecular weight is 351 g/mol. The van der Waals surface area contributed by atoms with Gasteiger partial charge < -0.3 is 19.4 Å². The Morgan fingerprint density at radius 1 is 0.958 bits per heavy atom. The summed E-state index contributed by atoms with van der Waals surface area (Å²) in [4.78, 5) is 30.5. The monoisotopic (exact) mass is 351 g/mol. The van der Waals surface area contributed by atoms with Gasteiger partial charge in [-0.3, -0.25) is 9.59 Å². The van der Waals surface area contributed by atoms with Crippen LogP contribution in [0.5, 0.6) is 0 Å². The topological polar surface area (TPSA) is 52.4 Å². The number of unbranched alkanes of at least 4 members (excludes halogenated alkanes) is 1. The number of rotatable bonds is 7. The molecule has 132 valence electrons. The minimum atomic E-state index is 0.00546. The van der Waals surface area contributed by atoms with Crippen LogP contribution in [0.25, 0.3) is 0 Å². The molecule has 0 aromatic rings. The van der Waals surface area contributed by atoms with E-state index >= 15 is 0 Å². The highest BCUT2D eigenvalue weighted by Crippen LogP contribution is 2.33. The molecule has 0 bridgehead atoms. The summed E-state index contributed by atoms with van der Waals surface area (Å²) in [6, 6.07) is 0. The molecule has 4 rings (SSSR count). The van der Waals surface area contributed by atoms with Crippen LogP contribution in [-0.4, -0.2) is 85.4 Å². The van der Waals surface area contributed by atoms with Crippen molar-refractivity contribution in [2.24, 2.45) is 0 Å². The highest BCUT2D eigenvalue weighted by molar-refractivity contribution is 7.16. The fourth-order valence-corrected chi connectivity index (χ4v) is 2.96. The molecule has 3 saturated heterocycles. The van der Waals surface area contributed by atoms with Crippen LogP contribution < -0.4 is 0 Å². The van der Waals surface area contributed by atoms with E-state index in [9.17, 15) is 9.59 Å². The van der Waals surface area contributed by atoms with Crippen LogP contribution in [0, 0.1) is 0 Å². The van der Waals surface area contributed by atoms with Gasteiger partial charge in [0.05, 0.1) is 5.70 Å². The molecule has 1 aliphatic carbocycles. The molecule has 3 fully saturated rings. The number of ketones is 2. The third-order valence-electron chi connectivity index (χ3n) is 4.29. The smallest absolute Gasteiger partial charge is 0.227 e. The number of carbonyl (C=O) groups is 2. The second-order valence-corrected chi connectivity index (χ2v) is 6.95. The predicted molar refractivity (Wildman–Crippen MR) is 95.5 cm³/mol. The summed E-state index contributed by atoms with van der Waals surface area (Å²) < 4.78 is 4.83. The largest absolute Gasteiger partial charge is 0.385 e. The summed E-state index contributed by atoms with van der Waals surface area (Å²) in [6.07, 6.45) is 5.18. The first-order valence-corrected chi connectivity index (χ1v) is 9.48. The second-order valence-electron chi connectivity index (χ2n) is 6.37. The Labute approximate surface area is 145 Å². The van der Waals surface area contributed by atoms with Gasteiger partial charge >= 0.3 is 0 Å². The van der Waals surface area contributed by atoms with E-state index in [2.05, 4.69) is 9.24 Å².